The van der Waals surface area contributed by atoms with Gasteiger partial charge in [0.25, 0.3) is 0 Å². The van der Waals surface area contributed by atoms with Crippen LogP contribution in [0.15, 0.2) is 0 Å². The zero-order valence-corrected chi connectivity index (χ0v) is 19.5. The highest BCUT2D eigenvalue weighted by Gasteiger charge is 2.51. The molecule has 0 amide bonds. The Hall–Kier alpha value is 0.451. The van der Waals surface area contributed by atoms with Crippen LogP contribution in [0, 0.1) is 0 Å². The summed E-state index contributed by atoms with van der Waals surface area (Å²) in [6, 6.07) is 0. The topological polar surface area (TPSA) is 57.2 Å². The van der Waals surface area contributed by atoms with E-state index in [0.29, 0.717) is 0 Å². The molecule has 1 saturated heterocycles. The summed E-state index contributed by atoms with van der Waals surface area (Å²) in [5.74, 6) is 0. The molecule has 1 N–H and O–H groups in total. The minimum Gasteiger partial charge on any atom is -0.412 e. The highest BCUT2D eigenvalue weighted by Crippen LogP contribution is 2.33. The van der Waals surface area contributed by atoms with E-state index in [2.05, 4.69) is 58.9 Å². The molecule has 5 nitrogen and oxygen atoms in total. The van der Waals surface area contributed by atoms with Crippen molar-refractivity contribution in [3.63, 3.8) is 0 Å². The van der Waals surface area contributed by atoms with Crippen molar-refractivity contribution in [3.05, 3.63) is 0 Å². The van der Waals surface area contributed by atoms with E-state index in [0.717, 1.165) is 0 Å². The van der Waals surface area contributed by atoms with E-state index in [1.54, 1.807) is 0 Å². The molecule has 1 heterocycles. The monoisotopic (exact) mass is 380 g/mol. The Morgan fingerprint density at radius 3 is 1.61 bits per heavy atom. The molecule has 0 aromatic rings. The molecule has 23 heavy (non-hydrogen) atoms. The molecule has 1 rings (SSSR count). The van der Waals surface area contributed by atoms with Crippen LogP contribution in [0.4, 0.5) is 0 Å². The molecule has 1 aliphatic heterocycles. The Morgan fingerprint density at radius 1 is 0.783 bits per heavy atom. The zero-order valence-electron chi connectivity index (χ0n) is 16.5. The van der Waals surface area contributed by atoms with Gasteiger partial charge in [-0.25, -0.2) is 0 Å². The van der Waals surface area contributed by atoms with Gasteiger partial charge in [-0.2, -0.15) is 0 Å². The van der Waals surface area contributed by atoms with E-state index in [1.807, 2.05) is 6.92 Å². The van der Waals surface area contributed by atoms with Gasteiger partial charge in [0.1, 0.15) is 18.3 Å². The van der Waals surface area contributed by atoms with Crippen LogP contribution < -0.4 is 0 Å². The number of ether oxygens (including phenoxy) is 1. The van der Waals surface area contributed by atoms with Gasteiger partial charge < -0.3 is 23.1 Å². The van der Waals surface area contributed by atoms with Crippen LogP contribution in [-0.4, -0.2) is 60.8 Å². The van der Waals surface area contributed by atoms with Crippen LogP contribution in [0.5, 0.6) is 0 Å². The lowest BCUT2D eigenvalue weighted by molar-refractivity contribution is -0.138. The second-order valence-electron chi connectivity index (χ2n) is 9.32. The van der Waals surface area contributed by atoms with E-state index in [-0.39, 0.29) is 18.3 Å². The van der Waals surface area contributed by atoms with Crippen molar-refractivity contribution in [1.29, 1.82) is 0 Å². The van der Waals surface area contributed by atoms with Crippen LogP contribution in [0.1, 0.15) is 6.92 Å². The predicted octanol–water partition coefficient (Wildman–Crippen LogP) is 3.38. The van der Waals surface area contributed by atoms with Crippen molar-refractivity contribution in [2.75, 3.05) is 0 Å². The SMILES string of the molecule is C[C@H](O[Si](C)(C)C)[C@H]1O[C@@H](O)[C@@H](O[Si](C)(C)C)[C@@H]1O[Si](C)(C)C. The molecule has 1 aliphatic rings. The third-order valence-electron chi connectivity index (χ3n) is 3.21. The van der Waals surface area contributed by atoms with Crippen LogP contribution >= 0.6 is 0 Å². The van der Waals surface area contributed by atoms with Gasteiger partial charge in [0.15, 0.2) is 31.2 Å². The Morgan fingerprint density at radius 2 is 1.22 bits per heavy atom. The average Bonchev–Trinajstić information content (AvgIpc) is 2.51. The molecule has 0 bridgehead atoms. The molecule has 0 radical (unpaired) electrons. The molecule has 1 fully saturated rings. The standard InChI is InChI=1S/C15H36O5Si3/c1-11(18-21(2,3)4)12-13(19-22(5,6)7)14(15(16)17-12)20-23(8,9)10/h11-16H,1-10H3/t11-,12+,13+,14-,15+/m0/s1. The summed E-state index contributed by atoms with van der Waals surface area (Å²) in [6.07, 6.45) is -2.11. The highest BCUT2D eigenvalue weighted by atomic mass is 28.4. The quantitative estimate of drug-likeness (QED) is 0.686. The molecule has 0 aromatic carbocycles. The summed E-state index contributed by atoms with van der Waals surface area (Å²) in [4.78, 5) is 0. The lowest BCUT2D eigenvalue weighted by Gasteiger charge is -2.36. The minimum atomic E-state index is -1.83. The third-order valence-corrected chi connectivity index (χ3v) is 6.24. The van der Waals surface area contributed by atoms with Crippen molar-refractivity contribution in [1.82, 2.24) is 0 Å². The Labute approximate surface area is 145 Å². The normalized spacial score (nSPS) is 31.4. The summed E-state index contributed by atoms with van der Waals surface area (Å²) in [5.41, 5.74) is 0. The summed E-state index contributed by atoms with van der Waals surface area (Å²) in [6.45, 7) is 21.2. The zero-order chi connectivity index (χ0) is 18.2. The molecule has 0 aliphatic carbocycles. The number of hydrogen-bond acceptors (Lipinski definition) is 5. The van der Waals surface area contributed by atoms with Crippen molar-refractivity contribution >= 4 is 25.0 Å². The summed E-state index contributed by atoms with van der Waals surface area (Å²) >= 11 is 0. The summed E-state index contributed by atoms with van der Waals surface area (Å²) in [7, 11) is -5.35. The van der Waals surface area contributed by atoms with E-state index >= 15 is 0 Å². The van der Waals surface area contributed by atoms with Crippen LogP contribution in [0.25, 0.3) is 0 Å². The van der Waals surface area contributed by atoms with Crippen LogP contribution in [0.2, 0.25) is 58.9 Å². The van der Waals surface area contributed by atoms with Crippen molar-refractivity contribution in [2.24, 2.45) is 0 Å². The van der Waals surface area contributed by atoms with Gasteiger partial charge in [0, 0.05) is 0 Å². The maximum Gasteiger partial charge on any atom is 0.184 e. The lowest BCUT2D eigenvalue weighted by Crippen LogP contribution is -2.51. The molecule has 0 aromatic heterocycles. The van der Waals surface area contributed by atoms with Gasteiger partial charge >= 0.3 is 0 Å². The van der Waals surface area contributed by atoms with E-state index < -0.39 is 37.3 Å². The summed E-state index contributed by atoms with van der Waals surface area (Å²) in [5, 5.41) is 10.4. The average molecular weight is 381 g/mol. The number of hydrogen-bond donors (Lipinski definition) is 1. The van der Waals surface area contributed by atoms with Gasteiger partial charge in [-0.1, -0.05) is 0 Å². The first kappa shape index (κ1) is 21.5. The smallest absolute Gasteiger partial charge is 0.184 e. The fraction of sp³-hybridized carbons (Fsp3) is 1.00. The molecular weight excluding hydrogens is 344 g/mol. The second-order valence-corrected chi connectivity index (χ2v) is 22.7. The van der Waals surface area contributed by atoms with Gasteiger partial charge in [0.2, 0.25) is 0 Å². The number of aliphatic hydroxyl groups is 1. The molecule has 0 spiro atoms. The van der Waals surface area contributed by atoms with Gasteiger partial charge in [0.05, 0.1) is 6.10 Å². The summed E-state index contributed by atoms with van der Waals surface area (Å²) < 4.78 is 24.6. The van der Waals surface area contributed by atoms with Crippen molar-refractivity contribution in [2.45, 2.75) is 96.6 Å². The van der Waals surface area contributed by atoms with E-state index in [1.165, 1.54) is 0 Å². The van der Waals surface area contributed by atoms with Crippen LogP contribution in [0.3, 0.4) is 0 Å². The highest BCUT2D eigenvalue weighted by molar-refractivity contribution is 6.70. The Bertz CT molecular complexity index is 386. The number of rotatable bonds is 7. The van der Waals surface area contributed by atoms with Gasteiger partial charge in [-0.3, -0.25) is 0 Å². The van der Waals surface area contributed by atoms with Crippen molar-refractivity contribution < 1.29 is 23.1 Å². The van der Waals surface area contributed by atoms with E-state index in [4.69, 9.17) is 18.0 Å². The third kappa shape index (κ3) is 7.47. The molecule has 5 atom stereocenters. The van der Waals surface area contributed by atoms with Crippen LogP contribution in [-0.2, 0) is 18.0 Å². The molecule has 138 valence electrons. The first-order chi connectivity index (χ1) is 10.1. The first-order valence-electron chi connectivity index (χ1n) is 8.46. The second kappa shape index (κ2) is 7.37. The van der Waals surface area contributed by atoms with Crippen molar-refractivity contribution in [3.8, 4) is 0 Å². The molecule has 0 saturated carbocycles. The van der Waals surface area contributed by atoms with Gasteiger partial charge in [-0.15, -0.1) is 0 Å². The molecule has 0 unspecified atom stereocenters. The maximum absolute atomic E-state index is 10.4. The number of aliphatic hydroxyl groups excluding tert-OH is 1. The molecular formula is C15H36O5Si3. The fourth-order valence-electron chi connectivity index (χ4n) is 2.74. The van der Waals surface area contributed by atoms with Gasteiger partial charge in [-0.05, 0) is 65.8 Å². The fourth-order valence-corrected chi connectivity index (χ4v) is 6.14. The predicted molar refractivity (Wildman–Crippen MR) is 101 cm³/mol. The Kier molecular flexibility index (Phi) is 6.88. The minimum absolute atomic E-state index is 0.132. The maximum atomic E-state index is 10.4. The lowest BCUT2D eigenvalue weighted by atomic mass is 10.1. The Balaban J connectivity index is 3.00. The first-order valence-corrected chi connectivity index (χ1v) is 18.7. The van der Waals surface area contributed by atoms with E-state index in [9.17, 15) is 5.11 Å². The molecule has 8 heteroatoms. The largest absolute Gasteiger partial charge is 0.412 e.